The van der Waals surface area contributed by atoms with Gasteiger partial charge in [-0.15, -0.1) is 0 Å². The molecule has 0 fully saturated rings. The van der Waals surface area contributed by atoms with Crippen LogP contribution in [-0.2, 0) is 27.2 Å². The van der Waals surface area contributed by atoms with E-state index in [1.165, 1.54) is 0 Å². The van der Waals surface area contributed by atoms with E-state index in [-0.39, 0.29) is 17.6 Å². The zero-order chi connectivity index (χ0) is 29.8. The Hall–Kier alpha value is -3.65. The molecule has 2 atom stereocenters. The molecule has 5 N–H and O–H groups in total. The van der Waals surface area contributed by atoms with E-state index >= 15 is 0 Å². The molecule has 0 saturated heterocycles. The van der Waals surface area contributed by atoms with Gasteiger partial charge in [0.1, 0.15) is 11.4 Å². The van der Waals surface area contributed by atoms with Crippen molar-refractivity contribution in [2.45, 2.75) is 91.8 Å². The van der Waals surface area contributed by atoms with E-state index in [1.807, 2.05) is 48.5 Å². The zero-order valence-corrected chi connectivity index (χ0v) is 24.3. The van der Waals surface area contributed by atoms with E-state index in [9.17, 15) is 14.4 Å². The number of Topliss-reactive ketones (excluding diaryl/α,β-unsaturated/α-hetero) is 2. The van der Waals surface area contributed by atoms with Gasteiger partial charge in [0.25, 0.3) is 0 Å². The Morgan fingerprint density at radius 3 is 1.51 bits per heavy atom. The molecule has 8 nitrogen and oxygen atoms in total. The average Bonchev–Trinajstić information content (AvgIpc) is 2.85. The lowest BCUT2D eigenvalue weighted by molar-refractivity contribution is -0.121. The van der Waals surface area contributed by atoms with Crippen molar-refractivity contribution in [3.63, 3.8) is 0 Å². The van der Waals surface area contributed by atoms with E-state index < -0.39 is 17.7 Å². The van der Waals surface area contributed by atoms with Crippen LogP contribution in [0.5, 0.6) is 0 Å². The second-order valence-corrected chi connectivity index (χ2v) is 10.7. The third-order valence-corrected chi connectivity index (χ3v) is 5.82. The second-order valence-electron chi connectivity index (χ2n) is 10.7. The van der Waals surface area contributed by atoms with Crippen molar-refractivity contribution in [1.82, 2.24) is 5.32 Å². The molecule has 0 spiro atoms. The van der Waals surface area contributed by atoms with E-state index in [1.54, 1.807) is 48.5 Å². The predicted octanol–water partition coefficient (Wildman–Crippen LogP) is 5.41. The topological polar surface area (TPSA) is 146 Å². The van der Waals surface area contributed by atoms with Crippen molar-refractivity contribution >= 4 is 29.1 Å². The Labute approximate surface area is 232 Å². The molecule has 0 bridgehead atoms. The summed E-state index contributed by atoms with van der Waals surface area (Å²) in [5, 5.41) is 17.6. The number of amides is 1. The number of benzene rings is 2. The largest absolute Gasteiger partial charge is 0.444 e. The maximum Gasteiger partial charge on any atom is 0.408 e. The number of carbonyl (C=O) groups is 3. The zero-order valence-electron chi connectivity index (χ0n) is 24.3. The van der Waals surface area contributed by atoms with Gasteiger partial charge in [0, 0.05) is 24.3 Å². The number of nitrogens with one attached hydrogen (secondary N) is 3. The van der Waals surface area contributed by atoms with Crippen LogP contribution in [0.4, 0.5) is 4.79 Å². The molecule has 0 heterocycles. The number of ether oxygens (including phenoxy) is 1. The molecule has 0 aromatic heterocycles. The van der Waals surface area contributed by atoms with Gasteiger partial charge < -0.3 is 26.6 Å². The fourth-order valence-corrected chi connectivity index (χ4v) is 3.39. The summed E-state index contributed by atoms with van der Waals surface area (Å²) in [4.78, 5) is 35.1. The summed E-state index contributed by atoms with van der Waals surface area (Å²) >= 11 is 0. The molecule has 0 saturated carbocycles. The number of nitrogens with two attached hydrogens (primary N) is 1. The van der Waals surface area contributed by atoms with Crippen molar-refractivity contribution in [3.05, 3.63) is 70.8 Å². The summed E-state index contributed by atoms with van der Waals surface area (Å²) in [5.41, 5.74) is 9.91. The molecule has 8 heteroatoms. The van der Waals surface area contributed by atoms with Gasteiger partial charge in [0.05, 0.1) is 12.1 Å². The molecule has 0 radical (unpaired) electrons. The van der Waals surface area contributed by atoms with Crippen LogP contribution < -0.4 is 11.1 Å². The third kappa shape index (κ3) is 13.6. The first-order valence-corrected chi connectivity index (χ1v) is 13.2. The minimum atomic E-state index is -0.582. The summed E-state index contributed by atoms with van der Waals surface area (Å²) in [5.74, 6) is 0.0514. The fraction of sp³-hybridized carbons (Fsp3) is 0.452. The summed E-state index contributed by atoms with van der Waals surface area (Å²) in [6, 6.07) is 14.4. The Morgan fingerprint density at radius 1 is 0.795 bits per heavy atom. The number of aryl methyl sites for hydroxylation is 2. The molecular weight excluding hydrogens is 492 g/mol. The van der Waals surface area contributed by atoms with Crippen LogP contribution in [0, 0.1) is 10.8 Å². The first-order valence-electron chi connectivity index (χ1n) is 13.2. The molecule has 2 aromatic carbocycles. The molecule has 1 amide bonds. The van der Waals surface area contributed by atoms with Crippen LogP contribution in [0.25, 0.3) is 0 Å². The Bertz CT molecular complexity index is 1130. The van der Waals surface area contributed by atoms with Gasteiger partial charge in [0.15, 0.2) is 5.78 Å². The van der Waals surface area contributed by atoms with Crippen molar-refractivity contribution in [3.8, 4) is 0 Å². The Kier molecular flexibility index (Phi) is 13.4. The lowest BCUT2D eigenvalue weighted by Crippen LogP contribution is -2.41. The number of carbonyl (C=O) groups excluding carboxylic acids is 3. The molecule has 0 aliphatic carbocycles. The van der Waals surface area contributed by atoms with Crippen LogP contribution >= 0.6 is 0 Å². The number of rotatable bonds is 11. The van der Waals surface area contributed by atoms with Gasteiger partial charge in [-0.05, 0) is 83.6 Å². The smallest absolute Gasteiger partial charge is 0.408 e. The number of alkyl carbamates (subject to hydrolysis) is 1. The van der Waals surface area contributed by atoms with Crippen LogP contribution in [0.15, 0.2) is 48.5 Å². The van der Waals surface area contributed by atoms with Crippen molar-refractivity contribution in [2.75, 3.05) is 0 Å². The highest BCUT2D eigenvalue weighted by Gasteiger charge is 2.20. The number of hydrogen-bond acceptors (Lipinski definition) is 7. The van der Waals surface area contributed by atoms with Gasteiger partial charge >= 0.3 is 6.09 Å². The second kappa shape index (κ2) is 15.7. The van der Waals surface area contributed by atoms with Gasteiger partial charge in [-0.3, -0.25) is 9.59 Å². The molecule has 0 aliphatic heterocycles. The molecule has 2 rings (SSSR count). The summed E-state index contributed by atoms with van der Waals surface area (Å²) in [7, 11) is 0. The first kappa shape index (κ1) is 33.4. The SMILES string of the molecule is CC(=N)c1ccc(CCC(=O)[C@H](C)N)cc1.CC(=N)c1ccc(CCC(=O)[C@H](C)NC(=O)OC(C)(C)C)cc1. The predicted molar refractivity (Wildman–Crippen MR) is 157 cm³/mol. The molecule has 212 valence electrons. The Balaban J connectivity index is 0.000000416. The molecular formula is C31H44N4O4. The van der Waals surface area contributed by atoms with Crippen LogP contribution in [-0.4, -0.2) is 46.8 Å². The lowest BCUT2D eigenvalue weighted by atomic mass is 10.0. The minimum Gasteiger partial charge on any atom is -0.444 e. The quantitative estimate of drug-likeness (QED) is 0.284. The summed E-state index contributed by atoms with van der Waals surface area (Å²) in [6.45, 7) is 12.2. The fourth-order valence-electron chi connectivity index (χ4n) is 3.39. The van der Waals surface area contributed by atoms with E-state index in [0.717, 1.165) is 28.7 Å². The van der Waals surface area contributed by atoms with Crippen molar-refractivity contribution < 1.29 is 19.1 Å². The van der Waals surface area contributed by atoms with Crippen molar-refractivity contribution in [2.24, 2.45) is 5.73 Å². The van der Waals surface area contributed by atoms with E-state index in [4.69, 9.17) is 21.3 Å². The van der Waals surface area contributed by atoms with E-state index in [0.29, 0.717) is 30.7 Å². The van der Waals surface area contributed by atoms with Gasteiger partial charge in [-0.1, -0.05) is 48.5 Å². The summed E-state index contributed by atoms with van der Waals surface area (Å²) < 4.78 is 5.13. The normalized spacial score (nSPS) is 12.3. The van der Waals surface area contributed by atoms with Crippen LogP contribution in [0.3, 0.4) is 0 Å². The van der Waals surface area contributed by atoms with Crippen molar-refractivity contribution in [1.29, 1.82) is 10.8 Å². The number of hydrogen-bond donors (Lipinski definition) is 4. The average molecular weight is 537 g/mol. The van der Waals surface area contributed by atoms with Crippen LogP contribution in [0.2, 0.25) is 0 Å². The third-order valence-electron chi connectivity index (χ3n) is 5.82. The first-order chi connectivity index (χ1) is 18.1. The van der Waals surface area contributed by atoms with E-state index in [2.05, 4.69) is 5.32 Å². The van der Waals surface area contributed by atoms with Gasteiger partial charge in [-0.25, -0.2) is 4.79 Å². The summed E-state index contributed by atoms with van der Waals surface area (Å²) in [6.07, 6.45) is 1.58. The van der Waals surface area contributed by atoms with Crippen LogP contribution in [0.1, 0.15) is 83.6 Å². The van der Waals surface area contributed by atoms with Gasteiger partial charge in [-0.2, -0.15) is 0 Å². The highest BCUT2D eigenvalue weighted by molar-refractivity contribution is 5.96. The molecule has 0 aliphatic rings. The molecule has 2 aromatic rings. The molecule has 39 heavy (non-hydrogen) atoms. The number of ketones is 2. The highest BCUT2D eigenvalue weighted by Crippen LogP contribution is 2.10. The maximum atomic E-state index is 12.1. The highest BCUT2D eigenvalue weighted by atomic mass is 16.6. The lowest BCUT2D eigenvalue weighted by Gasteiger charge is -2.21. The van der Waals surface area contributed by atoms with Gasteiger partial charge in [0.2, 0.25) is 0 Å². The standard InChI is InChI=1S/C18H26N2O3.C13H18N2O/c1-12(19)15-9-6-14(7-10-15)8-11-16(21)13(2)20-17(22)23-18(3,4)5;1-9(14)12-6-3-11(4-7-12)5-8-13(16)10(2)15/h6-7,9-10,13,19H,8,11H2,1-5H3,(H,20,22);3-4,6-7,10,14H,5,8,15H2,1-2H3/t13-;10-/m00/s1. The minimum absolute atomic E-state index is 0.0387. The Morgan fingerprint density at radius 2 is 1.18 bits per heavy atom. The molecule has 0 unspecified atom stereocenters. The monoisotopic (exact) mass is 536 g/mol. The maximum absolute atomic E-state index is 12.1.